The summed E-state index contributed by atoms with van der Waals surface area (Å²) < 4.78 is 5.42. The van der Waals surface area contributed by atoms with Gasteiger partial charge in [0.2, 0.25) is 0 Å². The third-order valence-electron chi connectivity index (χ3n) is 2.56. The number of nitrogens with one attached hydrogen (secondary N) is 1. The molecular weight excluding hydrogens is 240 g/mol. The van der Waals surface area contributed by atoms with Gasteiger partial charge in [0.05, 0.1) is 0 Å². The normalized spacial score (nSPS) is 12.3. The smallest absolute Gasteiger partial charge is 0.257 e. The van der Waals surface area contributed by atoms with E-state index in [9.17, 15) is 4.79 Å². The summed E-state index contributed by atoms with van der Waals surface area (Å²) in [5.41, 5.74) is 6.91. The fourth-order valence-corrected chi connectivity index (χ4v) is 1.61. The van der Waals surface area contributed by atoms with Gasteiger partial charge >= 0.3 is 0 Å². The molecule has 4 heteroatoms. The van der Waals surface area contributed by atoms with Crippen molar-refractivity contribution in [2.75, 3.05) is 13.2 Å². The summed E-state index contributed by atoms with van der Waals surface area (Å²) in [5.74, 6) is 1.06. The van der Waals surface area contributed by atoms with Crippen LogP contribution in [0.1, 0.15) is 26.3 Å². The van der Waals surface area contributed by atoms with Gasteiger partial charge in [0.15, 0.2) is 6.61 Å². The van der Waals surface area contributed by atoms with Crippen LogP contribution in [0.3, 0.4) is 0 Å². The first kappa shape index (κ1) is 15.5. The summed E-state index contributed by atoms with van der Waals surface area (Å²) in [5, 5.41) is 2.81. The van der Waals surface area contributed by atoms with Gasteiger partial charge < -0.3 is 15.8 Å². The van der Waals surface area contributed by atoms with E-state index in [2.05, 4.69) is 19.2 Å². The van der Waals surface area contributed by atoms with Crippen LogP contribution in [0.5, 0.6) is 5.75 Å². The molecule has 3 N–H and O–H groups in total. The second kappa shape index (κ2) is 7.79. The maximum absolute atomic E-state index is 11.5. The zero-order chi connectivity index (χ0) is 14.3. The highest BCUT2D eigenvalue weighted by atomic mass is 16.5. The molecule has 0 aliphatic rings. The van der Waals surface area contributed by atoms with E-state index < -0.39 is 0 Å². The predicted molar refractivity (Wildman–Crippen MR) is 77.1 cm³/mol. The molecule has 0 heterocycles. The lowest BCUT2D eigenvalue weighted by atomic mass is 10.1. The van der Waals surface area contributed by atoms with Gasteiger partial charge in [0.1, 0.15) is 5.75 Å². The zero-order valence-electron chi connectivity index (χ0n) is 12.0. The number of ether oxygens (including phenoxy) is 1. The molecule has 0 radical (unpaired) electrons. The van der Waals surface area contributed by atoms with Crippen molar-refractivity contribution in [1.82, 2.24) is 5.32 Å². The maximum Gasteiger partial charge on any atom is 0.257 e. The Balaban J connectivity index is 2.35. The third-order valence-corrected chi connectivity index (χ3v) is 2.56. The standard InChI is InChI=1S/C15H24N2O2/c1-11(2)9-17-15(18)10-19-14-6-4-13(5-7-14)8-12(3)16/h4-7,11-12H,8-10,16H2,1-3H3,(H,17,18). The van der Waals surface area contributed by atoms with Crippen molar-refractivity contribution >= 4 is 5.91 Å². The first-order chi connectivity index (χ1) is 8.97. The lowest BCUT2D eigenvalue weighted by molar-refractivity contribution is -0.123. The van der Waals surface area contributed by atoms with Crippen LogP contribution in [0.25, 0.3) is 0 Å². The van der Waals surface area contributed by atoms with Gasteiger partial charge in [0.25, 0.3) is 5.91 Å². The predicted octanol–water partition coefficient (Wildman–Crippen LogP) is 1.73. The average molecular weight is 264 g/mol. The largest absolute Gasteiger partial charge is 0.484 e. The quantitative estimate of drug-likeness (QED) is 0.788. The Morgan fingerprint density at radius 1 is 1.26 bits per heavy atom. The number of hydrogen-bond donors (Lipinski definition) is 2. The van der Waals surface area contributed by atoms with Gasteiger partial charge in [-0.2, -0.15) is 0 Å². The summed E-state index contributed by atoms with van der Waals surface area (Å²) in [6, 6.07) is 7.84. The highest BCUT2D eigenvalue weighted by molar-refractivity contribution is 5.77. The fourth-order valence-electron chi connectivity index (χ4n) is 1.61. The third kappa shape index (κ3) is 6.82. The van der Waals surface area contributed by atoms with Gasteiger partial charge in [-0.3, -0.25) is 4.79 Å². The summed E-state index contributed by atoms with van der Waals surface area (Å²) in [6.45, 7) is 6.81. The molecule has 0 aliphatic carbocycles. The fraction of sp³-hybridized carbons (Fsp3) is 0.533. The number of amides is 1. The molecule has 0 bridgehead atoms. The van der Waals surface area contributed by atoms with E-state index in [1.165, 1.54) is 5.56 Å². The monoisotopic (exact) mass is 264 g/mol. The molecule has 0 aliphatic heterocycles. The van der Waals surface area contributed by atoms with E-state index in [1.54, 1.807) is 0 Å². The molecule has 1 aromatic carbocycles. The molecule has 0 saturated heterocycles. The molecular formula is C15H24N2O2. The Bertz CT molecular complexity index is 386. The van der Waals surface area contributed by atoms with Crippen molar-refractivity contribution in [3.8, 4) is 5.75 Å². The molecule has 106 valence electrons. The van der Waals surface area contributed by atoms with Crippen molar-refractivity contribution in [2.45, 2.75) is 33.2 Å². The average Bonchev–Trinajstić information content (AvgIpc) is 2.35. The molecule has 0 spiro atoms. The molecule has 0 aromatic heterocycles. The van der Waals surface area contributed by atoms with Gasteiger partial charge in [-0.25, -0.2) is 0 Å². The summed E-state index contributed by atoms with van der Waals surface area (Å²) in [7, 11) is 0. The second-order valence-corrected chi connectivity index (χ2v) is 5.31. The Labute approximate surface area is 115 Å². The van der Waals surface area contributed by atoms with Crippen LogP contribution in [-0.4, -0.2) is 25.1 Å². The van der Waals surface area contributed by atoms with Crippen LogP contribution < -0.4 is 15.8 Å². The highest BCUT2D eigenvalue weighted by Crippen LogP contribution is 2.13. The Morgan fingerprint density at radius 3 is 2.42 bits per heavy atom. The Kier molecular flexibility index (Phi) is 6.36. The Morgan fingerprint density at radius 2 is 1.89 bits per heavy atom. The van der Waals surface area contributed by atoms with E-state index in [-0.39, 0.29) is 18.6 Å². The van der Waals surface area contributed by atoms with Crippen LogP contribution in [0, 0.1) is 5.92 Å². The minimum absolute atomic E-state index is 0.0549. The second-order valence-electron chi connectivity index (χ2n) is 5.31. The van der Waals surface area contributed by atoms with Gasteiger partial charge in [-0.05, 0) is 37.0 Å². The van der Waals surface area contributed by atoms with Crippen molar-refractivity contribution in [3.63, 3.8) is 0 Å². The summed E-state index contributed by atoms with van der Waals surface area (Å²) in [6.07, 6.45) is 0.842. The van der Waals surface area contributed by atoms with Crippen LogP contribution in [0.15, 0.2) is 24.3 Å². The van der Waals surface area contributed by atoms with Gasteiger partial charge in [-0.15, -0.1) is 0 Å². The van der Waals surface area contributed by atoms with E-state index >= 15 is 0 Å². The molecule has 1 atom stereocenters. The number of hydrogen-bond acceptors (Lipinski definition) is 3. The van der Waals surface area contributed by atoms with Crippen molar-refractivity contribution in [1.29, 1.82) is 0 Å². The molecule has 0 saturated carbocycles. The van der Waals surface area contributed by atoms with Crippen LogP contribution in [0.4, 0.5) is 0 Å². The van der Waals surface area contributed by atoms with Crippen molar-refractivity contribution in [2.24, 2.45) is 11.7 Å². The van der Waals surface area contributed by atoms with Crippen LogP contribution >= 0.6 is 0 Å². The van der Waals surface area contributed by atoms with E-state index in [0.717, 1.165) is 6.42 Å². The summed E-state index contributed by atoms with van der Waals surface area (Å²) >= 11 is 0. The molecule has 4 nitrogen and oxygen atoms in total. The van der Waals surface area contributed by atoms with E-state index in [4.69, 9.17) is 10.5 Å². The first-order valence-electron chi connectivity index (χ1n) is 6.71. The van der Waals surface area contributed by atoms with Crippen LogP contribution in [0.2, 0.25) is 0 Å². The maximum atomic E-state index is 11.5. The molecule has 1 rings (SSSR count). The number of nitrogens with two attached hydrogens (primary N) is 1. The molecule has 1 unspecified atom stereocenters. The van der Waals surface area contributed by atoms with E-state index in [1.807, 2.05) is 31.2 Å². The van der Waals surface area contributed by atoms with Crippen molar-refractivity contribution < 1.29 is 9.53 Å². The SMILES string of the molecule is CC(C)CNC(=O)COc1ccc(CC(C)N)cc1. The van der Waals surface area contributed by atoms with E-state index in [0.29, 0.717) is 18.2 Å². The van der Waals surface area contributed by atoms with Crippen LogP contribution in [-0.2, 0) is 11.2 Å². The Hall–Kier alpha value is -1.55. The summed E-state index contributed by atoms with van der Waals surface area (Å²) in [4.78, 5) is 11.5. The van der Waals surface area contributed by atoms with Crippen molar-refractivity contribution in [3.05, 3.63) is 29.8 Å². The zero-order valence-corrected chi connectivity index (χ0v) is 12.0. The molecule has 1 amide bonds. The van der Waals surface area contributed by atoms with Gasteiger partial charge in [-0.1, -0.05) is 26.0 Å². The first-order valence-corrected chi connectivity index (χ1v) is 6.71. The lowest BCUT2D eigenvalue weighted by Crippen LogP contribution is -2.31. The lowest BCUT2D eigenvalue weighted by Gasteiger charge is -2.10. The highest BCUT2D eigenvalue weighted by Gasteiger charge is 2.04. The topological polar surface area (TPSA) is 64.3 Å². The minimum Gasteiger partial charge on any atom is -0.484 e. The number of benzene rings is 1. The molecule has 0 fully saturated rings. The minimum atomic E-state index is -0.0895. The molecule has 1 aromatic rings. The van der Waals surface area contributed by atoms with Gasteiger partial charge in [0, 0.05) is 12.6 Å². The number of rotatable bonds is 7. The number of carbonyl (C=O) groups excluding carboxylic acids is 1. The number of carbonyl (C=O) groups is 1. The molecule has 19 heavy (non-hydrogen) atoms.